The number of carboxylic acid groups (broad SMARTS) is 1. The van der Waals surface area contributed by atoms with Crippen LogP contribution in [0, 0.1) is 5.92 Å². The Hall–Kier alpha value is -2.34. The number of nitrogens with one attached hydrogen (secondary N) is 1. The van der Waals surface area contributed by atoms with Gasteiger partial charge in [0.15, 0.2) is 0 Å². The fourth-order valence-electron chi connectivity index (χ4n) is 2.94. The van der Waals surface area contributed by atoms with E-state index in [4.69, 9.17) is 0 Å². The number of fused-ring (bicyclic) bond motifs is 1. The largest absolute Gasteiger partial charge is 0.481 e. The molecule has 2 heterocycles. The number of carboxylic acids is 1. The van der Waals surface area contributed by atoms with E-state index in [1.807, 2.05) is 42.1 Å². The molecule has 2 aromatic rings. The van der Waals surface area contributed by atoms with Crippen LogP contribution in [-0.2, 0) is 11.8 Å². The minimum absolute atomic E-state index is 0.105. The van der Waals surface area contributed by atoms with Gasteiger partial charge in [-0.05, 0) is 6.07 Å². The minimum atomic E-state index is -0.870. The van der Waals surface area contributed by atoms with Gasteiger partial charge in [-0.2, -0.15) is 0 Å². The maximum Gasteiger partial charge on any atom is 0.309 e. The average Bonchev–Trinajstić information content (AvgIpc) is 2.71. The van der Waals surface area contributed by atoms with Gasteiger partial charge >= 0.3 is 5.97 Å². The molecule has 2 N–H and O–H groups in total. The molecule has 1 fully saturated rings. The third-order valence-electron chi connectivity index (χ3n) is 4.15. The Morgan fingerprint density at radius 2 is 2.09 bits per heavy atom. The number of hydrogen-bond donors (Lipinski definition) is 2. The molecule has 22 heavy (non-hydrogen) atoms. The van der Waals surface area contributed by atoms with E-state index in [9.17, 15) is 14.7 Å². The average molecular weight is 301 g/mol. The second-order valence-electron chi connectivity index (χ2n) is 5.66. The van der Waals surface area contributed by atoms with Crippen molar-refractivity contribution in [2.24, 2.45) is 13.0 Å². The first-order valence-corrected chi connectivity index (χ1v) is 7.35. The second-order valence-corrected chi connectivity index (χ2v) is 5.66. The number of carbonyl (C=O) groups is 2. The van der Waals surface area contributed by atoms with Crippen LogP contribution in [0.1, 0.15) is 10.4 Å². The molecule has 6 nitrogen and oxygen atoms in total. The molecule has 1 aromatic carbocycles. The van der Waals surface area contributed by atoms with E-state index in [0.717, 1.165) is 10.9 Å². The molecule has 3 rings (SSSR count). The zero-order chi connectivity index (χ0) is 15.7. The standard InChI is InChI=1S/C16H19N3O3/c1-18-10-13(12-4-2-3-5-14(12)18)15(20)19-7-6-17-8-11(9-19)16(21)22/h2-5,10-11,17H,6-9H2,1H3,(H,21,22). The number of hydrogen-bond acceptors (Lipinski definition) is 3. The van der Waals surface area contributed by atoms with Crippen LogP contribution in [0.3, 0.4) is 0 Å². The van der Waals surface area contributed by atoms with E-state index in [-0.39, 0.29) is 12.5 Å². The van der Waals surface area contributed by atoms with Gasteiger partial charge in [0, 0.05) is 50.3 Å². The lowest BCUT2D eigenvalue weighted by atomic mass is 10.1. The molecule has 0 bridgehead atoms. The summed E-state index contributed by atoms with van der Waals surface area (Å²) in [5, 5.41) is 13.2. The summed E-state index contributed by atoms with van der Waals surface area (Å²) in [6, 6.07) is 7.74. The number of rotatable bonds is 2. The van der Waals surface area contributed by atoms with E-state index in [0.29, 0.717) is 25.2 Å². The highest BCUT2D eigenvalue weighted by molar-refractivity contribution is 6.07. The molecular formula is C16H19N3O3. The Labute approximate surface area is 128 Å². The van der Waals surface area contributed by atoms with E-state index in [1.54, 1.807) is 4.90 Å². The second kappa shape index (κ2) is 5.81. The molecule has 1 aliphatic rings. The van der Waals surface area contributed by atoms with E-state index in [1.165, 1.54) is 0 Å². The van der Waals surface area contributed by atoms with Gasteiger partial charge in [-0.25, -0.2) is 0 Å². The summed E-state index contributed by atoms with van der Waals surface area (Å²) >= 11 is 0. The highest BCUT2D eigenvalue weighted by Crippen LogP contribution is 2.22. The molecule has 0 spiro atoms. The summed E-state index contributed by atoms with van der Waals surface area (Å²) in [5.41, 5.74) is 1.62. The van der Waals surface area contributed by atoms with Crippen molar-refractivity contribution in [2.45, 2.75) is 0 Å². The van der Waals surface area contributed by atoms with Crippen molar-refractivity contribution in [2.75, 3.05) is 26.2 Å². The predicted octanol–water partition coefficient (Wildman–Crippen LogP) is 0.925. The fourth-order valence-corrected chi connectivity index (χ4v) is 2.94. The maximum absolute atomic E-state index is 12.8. The first kappa shape index (κ1) is 14.6. The van der Waals surface area contributed by atoms with Crippen molar-refractivity contribution in [1.29, 1.82) is 0 Å². The van der Waals surface area contributed by atoms with Crippen LogP contribution >= 0.6 is 0 Å². The maximum atomic E-state index is 12.8. The van der Waals surface area contributed by atoms with Crippen LogP contribution in [0.25, 0.3) is 10.9 Å². The minimum Gasteiger partial charge on any atom is -0.481 e. The summed E-state index contributed by atoms with van der Waals surface area (Å²) in [6.07, 6.45) is 1.82. The van der Waals surface area contributed by atoms with Crippen LogP contribution in [-0.4, -0.2) is 52.6 Å². The number of aromatic nitrogens is 1. The summed E-state index contributed by atoms with van der Waals surface area (Å²) in [7, 11) is 1.91. The quantitative estimate of drug-likeness (QED) is 0.865. The van der Waals surface area contributed by atoms with Crippen molar-refractivity contribution in [3.63, 3.8) is 0 Å². The molecule has 116 valence electrons. The normalized spacial score (nSPS) is 19.1. The molecule has 1 aromatic heterocycles. The van der Waals surface area contributed by atoms with Crippen molar-refractivity contribution < 1.29 is 14.7 Å². The van der Waals surface area contributed by atoms with Gasteiger partial charge in [0.2, 0.25) is 0 Å². The highest BCUT2D eigenvalue weighted by atomic mass is 16.4. The zero-order valence-electron chi connectivity index (χ0n) is 12.5. The Bertz CT molecular complexity index is 722. The number of aliphatic carboxylic acids is 1. The third-order valence-corrected chi connectivity index (χ3v) is 4.15. The van der Waals surface area contributed by atoms with E-state index in [2.05, 4.69) is 5.32 Å². The topological polar surface area (TPSA) is 74.6 Å². The number of benzene rings is 1. The molecule has 6 heteroatoms. The fraction of sp³-hybridized carbons (Fsp3) is 0.375. The van der Waals surface area contributed by atoms with Crippen molar-refractivity contribution >= 4 is 22.8 Å². The lowest BCUT2D eigenvalue weighted by Crippen LogP contribution is -2.38. The number of amides is 1. The lowest BCUT2D eigenvalue weighted by Gasteiger charge is -2.22. The van der Waals surface area contributed by atoms with Crippen molar-refractivity contribution in [1.82, 2.24) is 14.8 Å². The molecule has 0 aliphatic carbocycles. The smallest absolute Gasteiger partial charge is 0.309 e. The molecule has 1 aliphatic heterocycles. The van der Waals surface area contributed by atoms with Crippen LogP contribution in [0.4, 0.5) is 0 Å². The first-order chi connectivity index (χ1) is 10.6. The van der Waals surface area contributed by atoms with Gasteiger partial charge in [0.05, 0.1) is 11.5 Å². The summed E-state index contributed by atoms with van der Waals surface area (Å²) in [6.45, 7) is 1.77. The van der Waals surface area contributed by atoms with Crippen LogP contribution < -0.4 is 5.32 Å². The molecule has 0 saturated carbocycles. The van der Waals surface area contributed by atoms with Gasteiger partial charge in [0.25, 0.3) is 5.91 Å². The predicted molar refractivity (Wildman–Crippen MR) is 82.8 cm³/mol. The molecule has 0 radical (unpaired) electrons. The summed E-state index contributed by atoms with van der Waals surface area (Å²) in [5.74, 6) is -1.54. The summed E-state index contributed by atoms with van der Waals surface area (Å²) < 4.78 is 1.92. The van der Waals surface area contributed by atoms with Crippen LogP contribution in [0.15, 0.2) is 30.5 Å². The SMILES string of the molecule is Cn1cc(C(=O)N2CCNCC(C(=O)O)C2)c2ccccc21. The molecule has 1 saturated heterocycles. The third kappa shape index (κ3) is 2.57. The van der Waals surface area contributed by atoms with E-state index >= 15 is 0 Å². The highest BCUT2D eigenvalue weighted by Gasteiger charge is 2.28. The Kier molecular flexibility index (Phi) is 3.85. The van der Waals surface area contributed by atoms with Gasteiger partial charge in [-0.1, -0.05) is 18.2 Å². The van der Waals surface area contributed by atoms with E-state index < -0.39 is 11.9 Å². The molecule has 1 unspecified atom stereocenters. The first-order valence-electron chi connectivity index (χ1n) is 7.35. The monoisotopic (exact) mass is 301 g/mol. The summed E-state index contributed by atoms with van der Waals surface area (Å²) in [4.78, 5) is 25.7. The van der Waals surface area contributed by atoms with Gasteiger partial charge in [-0.15, -0.1) is 0 Å². The Balaban J connectivity index is 1.93. The number of aryl methyl sites for hydroxylation is 1. The Morgan fingerprint density at radius 1 is 1.32 bits per heavy atom. The van der Waals surface area contributed by atoms with Crippen molar-refractivity contribution in [3.8, 4) is 0 Å². The lowest BCUT2D eigenvalue weighted by molar-refractivity contribution is -0.141. The van der Waals surface area contributed by atoms with Crippen molar-refractivity contribution in [3.05, 3.63) is 36.0 Å². The number of para-hydroxylation sites is 1. The van der Waals surface area contributed by atoms with Gasteiger partial charge in [0.1, 0.15) is 0 Å². The molecule has 1 atom stereocenters. The molecular weight excluding hydrogens is 282 g/mol. The number of nitrogens with zero attached hydrogens (tertiary/aromatic N) is 2. The Morgan fingerprint density at radius 3 is 2.86 bits per heavy atom. The number of carbonyl (C=O) groups excluding carboxylic acids is 1. The molecule has 1 amide bonds. The van der Waals surface area contributed by atoms with Gasteiger partial charge < -0.3 is 19.9 Å². The van der Waals surface area contributed by atoms with Gasteiger partial charge in [-0.3, -0.25) is 9.59 Å². The zero-order valence-corrected chi connectivity index (χ0v) is 12.5. The van der Waals surface area contributed by atoms with Crippen LogP contribution in [0.2, 0.25) is 0 Å². The van der Waals surface area contributed by atoms with Crippen LogP contribution in [0.5, 0.6) is 0 Å².